The van der Waals surface area contributed by atoms with Gasteiger partial charge in [0.15, 0.2) is 0 Å². The first-order valence-electron chi connectivity index (χ1n) is 10.8. The lowest BCUT2D eigenvalue weighted by molar-refractivity contribution is -0.140. The summed E-state index contributed by atoms with van der Waals surface area (Å²) >= 11 is 0. The molecule has 0 bridgehead atoms. The molecule has 0 radical (unpaired) electrons. The third-order valence-electron chi connectivity index (χ3n) is 5.11. The van der Waals surface area contributed by atoms with Crippen LogP contribution in [0.5, 0.6) is 11.5 Å². The zero-order valence-corrected chi connectivity index (χ0v) is 18.6. The van der Waals surface area contributed by atoms with E-state index < -0.39 is 17.7 Å². The summed E-state index contributed by atoms with van der Waals surface area (Å²) in [5.74, 6) is -1.10. The molecule has 1 amide bonds. The number of hydrogen-bond acceptors (Lipinski definition) is 6. The molecular formula is C25H29NO6. The van der Waals surface area contributed by atoms with Crippen LogP contribution in [0.25, 0.3) is 5.76 Å². The van der Waals surface area contributed by atoms with Crippen molar-refractivity contribution >= 4 is 17.4 Å². The maximum absolute atomic E-state index is 13.0. The Labute approximate surface area is 187 Å². The number of amides is 1. The summed E-state index contributed by atoms with van der Waals surface area (Å²) in [4.78, 5) is 27.2. The predicted molar refractivity (Wildman–Crippen MR) is 120 cm³/mol. The number of Topliss-reactive ketones (excluding diaryl/α,β-unsaturated/α-hetero) is 1. The fourth-order valence-electron chi connectivity index (χ4n) is 3.62. The standard InChI is InChI=1S/C25H29NO6/c1-4-13-32-20-10-8-17(9-11-20)23(28)21-22(18-6-5-7-19(27)15-18)26(25(30)24(21)29)12-14-31-16(2)3/h5-11,15-16,22,27-28H,4,12-14H2,1-3H3/b23-21-. The first-order chi connectivity index (χ1) is 15.3. The third kappa shape index (κ3) is 5.11. The quantitative estimate of drug-likeness (QED) is 0.348. The molecule has 1 aliphatic rings. The number of carbonyl (C=O) groups is 2. The van der Waals surface area contributed by atoms with Crippen LogP contribution in [0.4, 0.5) is 0 Å². The molecule has 170 valence electrons. The summed E-state index contributed by atoms with van der Waals surface area (Å²) in [5.41, 5.74) is 0.904. The molecule has 3 rings (SSSR count). The van der Waals surface area contributed by atoms with Crippen molar-refractivity contribution in [3.05, 3.63) is 65.2 Å². The number of ketones is 1. The Bertz CT molecular complexity index is 996. The largest absolute Gasteiger partial charge is 0.508 e. The number of aliphatic hydroxyl groups excluding tert-OH is 1. The van der Waals surface area contributed by atoms with Gasteiger partial charge in [0.25, 0.3) is 11.7 Å². The van der Waals surface area contributed by atoms with Gasteiger partial charge in [0.2, 0.25) is 0 Å². The van der Waals surface area contributed by atoms with Gasteiger partial charge in [-0.05, 0) is 62.2 Å². The number of aromatic hydroxyl groups is 1. The maximum atomic E-state index is 13.0. The lowest BCUT2D eigenvalue weighted by atomic mass is 9.95. The number of aliphatic hydroxyl groups is 1. The van der Waals surface area contributed by atoms with Crippen molar-refractivity contribution in [3.8, 4) is 11.5 Å². The Kier molecular flexibility index (Phi) is 7.53. The van der Waals surface area contributed by atoms with E-state index in [2.05, 4.69) is 0 Å². The SMILES string of the molecule is CCCOc1ccc(/C(O)=C2/C(=O)C(=O)N(CCOC(C)C)C2c2cccc(O)c2)cc1. The van der Waals surface area contributed by atoms with Gasteiger partial charge in [0.05, 0.1) is 30.9 Å². The van der Waals surface area contributed by atoms with Crippen molar-refractivity contribution in [2.75, 3.05) is 19.8 Å². The highest BCUT2D eigenvalue weighted by molar-refractivity contribution is 6.46. The van der Waals surface area contributed by atoms with Gasteiger partial charge in [-0.2, -0.15) is 0 Å². The highest BCUT2D eigenvalue weighted by atomic mass is 16.5. The summed E-state index contributed by atoms with van der Waals surface area (Å²) in [6, 6.07) is 12.2. The number of benzene rings is 2. The minimum absolute atomic E-state index is 0.00365. The second-order valence-corrected chi connectivity index (χ2v) is 7.88. The van der Waals surface area contributed by atoms with Crippen molar-refractivity contribution in [2.24, 2.45) is 0 Å². The number of rotatable bonds is 9. The summed E-state index contributed by atoms with van der Waals surface area (Å²) in [6.45, 7) is 6.76. The second-order valence-electron chi connectivity index (χ2n) is 7.88. The number of phenolic OH excluding ortho intramolecular Hbond substituents is 1. The van der Waals surface area contributed by atoms with Gasteiger partial charge in [-0.3, -0.25) is 9.59 Å². The number of ether oxygens (including phenoxy) is 2. The number of carbonyl (C=O) groups excluding carboxylic acids is 2. The Morgan fingerprint density at radius 2 is 1.81 bits per heavy atom. The van der Waals surface area contributed by atoms with Gasteiger partial charge in [0.1, 0.15) is 17.3 Å². The molecular weight excluding hydrogens is 410 g/mol. The van der Waals surface area contributed by atoms with Crippen LogP contribution < -0.4 is 4.74 Å². The first-order valence-corrected chi connectivity index (χ1v) is 10.8. The topological polar surface area (TPSA) is 96.3 Å². The van der Waals surface area contributed by atoms with Gasteiger partial charge in [-0.15, -0.1) is 0 Å². The lowest BCUT2D eigenvalue weighted by Gasteiger charge is -2.25. The van der Waals surface area contributed by atoms with Crippen LogP contribution in [0.1, 0.15) is 44.4 Å². The minimum Gasteiger partial charge on any atom is -0.508 e. The van der Waals surface area contributed by atoms with Gasteiger partial charge in [-0.1, -0.05) is 19.1 Å². The zero-order chi connectivity index (χ0) is 23.3. The number of hydrogen-bond donors (Lipinski definition) is 2. The molecule has 32 heavy (non-hydrogen) atoms. The predicted octanol–water partition coefficient (Wildman–Crippen LogP) is 4.03. The molecule has 7 heteroatoms. The lowest BCUT2D eigenvalue weighted by Crippen LogP contribution is -2.33. The molecule has 1 saturated heterocycles. The van der Waals surface area contributed by atoms with E-state index in [4.69, 9.17) is 9.47 Å². The molecule has 0 aliphatic carbocycles. The van der Waals surface area contributed by atoms with E-state index in [1.54, 1.807) is 36.4 Å². The monoisotopic (exact) mass is 439 g/mol. The smallest absolute Gasteiger partial charge is 0.295 e. The van der Waals surface area contributed by atoms with E-state index in [9.17, 15) is 19.8 Å². The molecule has 1 aliphatic heterocycles. The average molecular weight is 440 g/mol. The summed E-state index contributed by atoms with van der Waals surface area (Å²) in [7, 11) is 0. The molecule has 0 saturated carbocycles. The van der Waals surface area contributed by atoms with Gasteiger partial charge >= 0.3 is 0 Å². The Morgan fingerprint density at radius 3 is 2.44 bits per heavy atom. The molecule has 2 aromatic carbocycles. The summed E-state index contributed by atoms with van der Waals surface area (Å²) in [5, 5.41) is 21.0. The van der Waals surface area contributed by atoms with Crippen LogP contribution in [0.15, 0.2) is 54.1 Å². The van der Waals surface area contributed by atoms with Crippen molar-refractivity contribution in [1.82, 2.24) is 4.90 Å². The second kappa shape index (κ2) is 10.3. The molecule has 1 unspecified atom stereocenters. The third-order valence-corrected chi connectivity index (χ3v) is 5.11. The fourth-order valence-corrected chi connectivity index (χ4v) is 3.62. The highest BCUT2D eigenvalue weighted by Crippen LogP contribution is 2.40. The molecule has 2 aromatic rings. The van der Waals surface area contributed by atoms with E-state index in [-0.39, 0.29) is 36.3 Å². The molecule has 1 heterocycles. The van der Waals surface area contributed by atoms with Crippen LogP contribution >= 0.6 is 0 Å². The molecule has 1 fully saturated rings. The average Bonchev–Trinajstić information content (AvgIpc) is 3.02. The van der Waals surface area contributed by atoms with Crippen LogP contribution in [0.3, 0.4) is 0 Å². The van der Waals surface area contributed by atoms with Gasteiger partial charge < -0.3 is 24.6 Å². The number of nitrogens with zero attached hydrogens (tertiary/aromatic N) is 1. The number of phenols is 1. The van der Waals surface area contributed by atoms with E-state index in [0.29, 0.717) is 23.5 Å². The Hall–Kier alpha value is -3.32. The minimum atomic E-state index is -0.839. The maximum Gasteiger partial charge on any atom is 0.295 e. The fraction of sp³-hybridized carbons (Fsp3) is 0.360. The Balaban J connectivity index is 2.02. The van der Waals surface area contributed by atoms with E-state index >= 15 is 0 Å². The summed E-state index contributed by atoms with van der Waals surface area (Å²) in [6.07, 6.45) is 0.842. The van der Waals surface area contributed by atoms with E-state index in [0.717, 1.165) is 6.42 Å². The van der Waals surface area contributed by atoms with E-state index in [1.807, 2.05) is 20.8 Å². The molecule has 0 aromatic heterocycles. The van der Waals surface area contributed by atoms with E-state index in [1.165, 1.54) is 17.0 Å². The van der Waals surface area contributed by atoms with Crippen LogP contribution in [-0.4, -0.2) is 52.7 Å². The summed E-state index contributed by atoms with van der Waals surface area (Å²) < 4.78 is 11.1. The molecule has 2 N–H and O–H groups in total. The first kappa shape index (κ1) is 23.3. The normalized spacial score (nSPS) is 17.9. The highest BCUT2D eigenvalue weighted by Gasteiger charge is 2.46. The van der Waals surface area contributed by atoms with Crippen LogP contribution in [0.2, 0.25) is 0 Å². The molecule has 0 spiro atoms. The van der Waals surface area contributed by atoms with Crippen LogP contribution in [-0.2, 0) is 14.3 Å². The molecule has 7 nitrogen and oxygen atoms in total. The van der Waals surface area contributed by atoms with Gasteiger partial charge in [0, 0.05) is 12.1 Å². The van der Waals surface area contributed by atoms with Gasteiger partial charge in [-0.25, -0.2) is 0 Å². The van der Waals surface area contributed by atoms with Crippen molar-refractivity contribution in [2.45, 2.75) is 39.3 Å². The zero-order valence-electron chi connectivity index (χ0n) is 18.6. The van der Waals surface area contributed by atoms with Crippen LogP contribution in [0, 0.1) is 0 Å². The van der Waals surface area contributed by atoms with Crippen molar-refractivity contribution in [3.63, 3.8) is 0 Å². The number of likely N-dealkylation sites (tertiary alicyclic amines) is 1. The molecule has 1 atom stereocenters. The Morgan fingerprint density at radius 1 is 1.09 bits per heavy atom. The van der Waals surface area contributed by atoms with Crippen molar-refractivity contribution in [1.29, 1.82) is 0 Å². The van der Waals surface area contributed by atoms with Crippen molar-refractivity contribution < 1.29 is 29.3 Å².